The minimum absolute atomic E-state index is 0.0222. The summed E-state index contributed by atoms with van der Waals surface area (Å²) in [4.78, 5) is 35.6. The summed E-state index contributed by atoms with van der Waals surface area (Å²) in [5, 5.41) is 16.8. The molecule has 0 bridgehead atoms. The number of halogens is 2. The van der Waals surface area contributed by atoms with E-state index in [1.165, 1.54) is 17.1 Å². The Morgan fingerprint density at radius 2 is 1.81 bits per heavy atom. The fourth-order valence-corrected chi connectivity index (χ4v) is 5.40. The van der Waals surface area contributed by atoms with Gasteiger partial charge in [0.2, 0.25) is 5.91 Å². The largest absolute Gasteiger partial charge is 0.395 e. The molecule has 3 heterocycles. The van der Waals surface area contributed by atoms with Gasteiger partial charge in [-0.3, -0.25) is 9.59 Å². The van der Waals surface area contributed by atoms with Crippen LogP contribution in [0.4, 0.5) is 8.78 Å². The monoisotopic (exact) mass is 512 g/mol. The van der Waals surface area contributed by atoms with Crippen LogP contribution in [0.3, 0.4) is 0 Å². The number of alkyl halides is 2. The van der Waals surface area contributed by atoms with Crippen LogP contribution in [0.1, 0.15) is 62.0 Å². The Morgan fingerprint density at radius 3 is 2.43 bits per heavy atom. The standard InChI is InChI=1S/C26H30F2N6O3/c1-25(2,15-35)23(37)33-9-7-26(8-10-33)11-17(12-26)31-22(36)16-13-29-24(30-14-16)34-19-6-4-3-5-18(19)20(32-34)21(27)28/h3-6,13-14,17,21,35H,7-12,15H2,1-2H3,(H,31,36). The van der Waals surface area contributed by atoms with Crippen LogP contribution >= 0.6 is 0 Å². The number of piperidine rings is 1. The molecule has 1 aliphatic heterocycles. The van der Waals surface area contributed by atoms with E-state index in [-0.39, 0.29) is 47.1 Å². The van der Waals surface area contributed by atoms with Crippen molar-refractivity contribution in [2.24, 2.45) is 10.8 Å². The summed E-state index contributed by atoms with van der Waals surface area (Å²) >= 11 is 0. The first-order valence-electron chi connectivity index (χ1n) is 12.4. The van der Waals surface area contributed by atoms with Crippen molar-refractivity contribution in [3.8, 4) is 5.95 Å². The number of para-hydroxylation sites is 1. The van der Waals surface area contributed by atoms with E-state index in [0.29, 0.717) is 24.0 Å². The fourth-order valence-electron chi connectivity index (χ4n) is 5.40. The molecule has 2 fully saturated rings. The number of aromatic nitrogens is 4. The lowest BCUT2D eigenvalue weighted by molar-refractivity contribution is -0.146. The summed E-state index contributed by atoms with van der Waals surface area (Å²) in [5.74, 6) is -0.207. The van der Waals surface area contributed by atoms with E-state index in [1.54, 1.807) is 38.1 Å². The minimum atomic E-state index is -2.73. The summed E-state index contributed by atoms with van der Waals surface area (Å²) < 4.78 is 28.1. The zero-order chi connectivity index (χ0) is 26.4. The normalized spacial score (nSPS) is 17.8. The molecule has 9 nitrogen and oxygen atoms in total. The Hall–Kier alpha value is -3.47. The molecule has 2 aliphatic rings. The second kappa shape index (κ2) is 9.44. The van der Waals surface area contributed by atoms with Gasteiger partial charge in [-0.1, -0.05) is 18.2 Å². The maximum Gasteiger partial charge on any atom is 0.282 e. The SMILES string of the molecule is CC(C)(CO)C(=O)N1CCC2(CC1)CC(NC(=O)c1cnc(-n3nc(C(F)F)c4ccccc43)nc1)C2. The summed E-state index contributed by atoms with van der Waals surface area (Å²) in [5.41, 5.74) is -0.243. The first kappa shape index (κ1) is 25.2. The Balaban J connectivity index is 1.18. The van der Waals surface area contributed by atoms with E-state index in [2.05, 4.69) is 20.4 Å². The van der Waals surface area contributed by atoms with Crippen molar-refractivity contribution < 1.29 is 23.5 Å². The third-order valence-corrected chi connectivity index (χ3v) is 7.69. The maximum absolute atomic E-state index is 13.4. The summed E-state index contributed by atoms with van der Waals surface area (Å²) in [6, 6.07) is 6.66. The van der Waals surface area contributed by atoms with E-state index < -0.39 is 11.8 Å². The highest BCUT2D eigenvalue weighted by Gasteiger charge is 2.47. The van der Waals surface area contributed by atoms with E-state index in [4.69, 9.17) is 0 Å². The number of carbonyl (C=O) groups is 2. The van der Waals surface area contributed by atoms with E-state index in [0.717, 1.165) is 25.7 Å². The van der Waals surface area contributed by atoms with E-state index in [1.807, 2.05) is 4.90 Å². The highest BCUT2D eigenvalue weighted by atomic mass is 19.3. The summed E-state index contributed by atoms with van der Waals surface area (Å²) in [6.45, 7) is 4.65. The molecule has 0 atom stereocenters. The van der Waals surface area contributed by atoms with Crippen LogP contribution < -0.4 is 5.32 Å². The smallest absolute Gasteiger partial charge is 0.282 e. The number of nitrogens with one attached hydrogen (secondary N) is 1. The number of hydrogen-bond donors (Lipinski definition) is 2. The van der Waals surface area contributed by atoms with Crippen molar-refractivity contribution in [2.45, 2.75) is 52.0 Å². The van der Waals surface area contributed by atoms with Crippen molar-refractivity contribution in [1.82, 2.24) is 30.0 Å². The first-order valence-corrected chi connectivity index (χ1v) is 12.4. The third kappa shape index (κ3) is 4.68. The predicted molar refractivity (Wildman–Crippen MR) is 131 cm³/mol. The van der Waals surface area contributed by atoms with Crippen LogP contribution in [0.15, 0.2) is 36.7 Å². The molecule has 1 spiro atoms. The molecular formula is C26H30F2N6O3. The number of likely N-dealkylation sites (tertiary alicyclic amines) is 1. The minimum Gasteiger partial charge on any atom is -0.395 e. The van der Waals surface area contributed by atoms with Gasteiger partial charge in [0.1, 0.15) is 5.69 Å². The van der Waals surface area contributed by atoms with Gasteiger partial charge in [0, 0.05) is 36.9 Å². The lowest BCUT2D eigenvalue weighted by Crippen LogP contribution is -2.56. The Labute approximate surface area is 212 Å². The molecule has 1 aromatic carbocycles. The van der Waals surface area contributed by atoms with Gasteiger partial charge in [0.05, 0.1) is 23.1 Å². The lowest BCUT2D eigenvalue weighted by Gasteiger charge is -2.52. The van der Waals surface area contributed by atoms with Crippen LogP contribution in [-0.2, 0) is 4.79 Å². The summed E-state index contributed by atoms with van der Waals surface area (Å²) in [6.07, 6.45) is 3.46. The molecule has 0 unspecified atom stereocenters. The molecule has 2 aromatic heterocycles. The zero-order valence-electron chi connectivity index (χ0n) is 20.8. The molecule has 2 N–H and O–H groups in total. The van der Waals surface area contributed by atoms with Crippen molar-refractivity contribution in [3.63, 3.8) is 0 Å². The average Bonchev–Trinajstić information content (AvgIpc) is 3.28. The van der Waals surface area contributed by atoms with Crippen LogP contribution in [0.2, 0.25) is 0 Å². The van der Waals surface area contributed by atoms with Gasteiger partial charge in [-0.2, -0.15) is 9.78 Å². The Kier molecular flexibility index (Phi) is 6.43. The molecule has 0 radical (unpaired) electrons. The Bertz CT molecular complexity index is 1310. The average molecular weight is 513 g/mol. The van der Waals surface area contributed by atoms with Gasteiger partial charge >= 0.3 is 0 Å². The van der Waals surface area contributed by atoms with Crippen molar-refractivity contribution in [1.29, 1.82) is 0 Å². The van der Waals surface area contributed by atoms with Crippen LogP contribution in [0, 0.1) is 10.8 Å². The maximum atomic E-state index is 13.4. The molecule has 11 heteroatoms. The number of carbonyl (C=O) groups excluding carboxylic acids is 2. The number of nitrogens with zero attached hydrogens (tertiary/aromatic N) is 5. The molecule has 2 amide bonds. The van der Waals surface area contributed by atoms with Crippen molar-refractivity contribution in [2.75, 3.05) is 19.7 Å². The quantitative estimate of drug-likeness (QED) is 0.524. The second-order valence-corrected chi connectivity index (χ2v) is 10.8. The number of hydrogen-bond acceptors (Lipinski definition) is 6. The molecule has 37 heavy (non-hydrogen) atoms. The van der Waals surface area contributed by atoms with Gasteiger partial charge in [0.15, 0.2) is 0 Å². The van der Waals surface area contributed by atoms with Crippen LogP contribution in [0.5, 0.6) is 0 Å². The molecule has 3 aromatic rings. The lowest BCUT2D eigenvalue weighted by atomic mass is 9.60. The number of fused-ring (bicyclic) bond motifs is 1. The van der Waals surface area contributed by atoms with Crippen molar-refractivity contribution in [3.05, 3.63) is 47.9 Å². The highest BCUT2D eigenvalue weighted by molar-refractivity contribution is 5.94. The molecule has 196 valence electrons. The predicted octanol–water partition coefficient (Wildman–Crippen LogP) is 3.27. The number of rotatable bonds is 6. The zero-order valence-corrected chi connectivity index (χ0v) is 20.8. The molecular weight excluding hydrogens is 482 g/mol. The van der Waals surface area contributed by atoms with Gasteiger partial charge in [-0.05, 0) is 51.0 Å². The topological polar surface area (TPSA) is 113 Å². The molecule has 5 rings (SSSR count). The molecule has 1 aliphatic carbocycles. The van der Waals surface area contributed by atoms with Gasteiger partial charge in [-0.15, -0.1) is 0 Å². The molecule has 1 saturated heterocycles. The second-order valence-electron chi connectivity index (χ2n) is 10.8. The van der Waals surface area contributed by atoms with E-state index in [9.17, 15) is 23.5 Å². The van der Waals surface area contributed by atoms with Gasteiger partial charge in [-0.25, -0.2) is 18.7 Å². The van der Waals surface area contributed by atoms with Crippen LogP contribution in [-0.4, -0.2) is 67.3 Å². The van der Waals surface area contributed by atoms with E-state index >= 15 is 0 Å². The number of aliphatic hydroxyl groups excluding tert-OH is 1. The third-order valence-electron chi connectivity index (χ3n) is 7.69. The van der Waals surface area contributed by atoms with Crippen LogP contribution in [0.25, 0.3) is 16.9 Å². The Morgan fingerprint density at radius 1 is 1.16 bits per heavy atom. The number of amides is 2. The molecule has 1 saturated carbocycles. The van der Waals surface area contributed by atoms with Gasteiger partial charge in [0.25, 0.3) is 18.3 Å². The first-order chi connectivity index (χ1) is 17.6. The van der Waals surface area contributed by atoms with Crippen molar-refractivity contribution >= 4 is 22.7 Å². The number of aliphatic hydroxyl groups is 1. The number of benzene rings is 1. The van der Waals surface area contributed by atoms with Gasteiger partial charge < -0.3 is 15.3 Å². The summed E-state index contributed by atoms with van der Waals surface area (Å²) in [7, 11) is 0. The fraction of sp³-hybridized carbons (Fsp3) is 0.500. The highest BCUT2D eigenvalue weighted by Crippen LogP contribution is 2.49.